The predicted molar refractivity (Wildman–Crippen MR) is 77.8 cm³/mol. The van der Waals surface area contributed by atoms with Crippen LogP contribution in [0.5, 0.6) is 0 Å². The van der Waals surface area contributed by atoms with E-state index in [2.05, 4.69) is 10.1 Å². The normalized spacial score (nSPS) is 38.6. The maximum atomic E-state index is 5.64. The smallest absolute Gasteiger partial charge is 0.164 e. The quantitative estimate of drug-likeness (QED) is 0.917. The SMILES string of the molecule is Cn1nc(CN)nc1CCC12CC3CC(CC(C3)C1)C2. The Labute approximate surface area is 121 Å². The lowest BCUT2D eigenvalue weighted by molar-refractivity contribution is -0.0572. The summed E-state index contributed by atoms with van der Waals surface area (Å²) >= 11 is 0. The molecule has 0 amide bonds. The Morgan fingerprint density at radius 2 is 1.75 bits per heavy atom. The molecule has 2 N–H and O–H groups in total. The number of nitrogens with two attached hydrogens (primary N) is 1. The highest BCUT2D eigenvalue weighted by Gasteiger charge is 2.50. The average Bonchev–Trinajstić information content (AvgIpc) is 2.76. The van der Waals surface area contributed by atoms with Crippen LogP contribution >= 0.6 is 0 Å². The van der Waals surface area contributed by atoms with Gasteiger partial charge in [-0.3, -0.25) is 4.68 Å². The van der Waals surface area contributed by atoms with Gasteiger partial charge in [0.25, 0.3) is 0 Å². The fourth-order valence-electron chi connectivity index (χ4n) is 5.75. The topological polar surface area (TPSA) is 56.7 Å². The fourth-order valence-corrected chi connectivity index (χ4v) is 5.75. The lowest BCUT2D eigenvalue weighted by atomic mass is 9.48. The lowest BCUT2D eigenvalue weighted by Gasteiger charge is -2.57. The van der Waals surface area contributed by atoms with Gasteiger partial charge < -0.3 is 5.73 Å². The molecule has 4 aliphatic carbocycles. The number of aryl methyl sites for hydroxylation is 2. The third-order valence-electron chi connectivity index (χ3n) is 6.12. The molecule has 1 aromatic rings. The first kappa shape index (κ1) is 12.8. The van der Waals surface area contributed by atoms with Crippen LogP contribution in [-0.4, -0.2) is 14.8 Å². The summed E-state index contributed by atoms with van der Waals surface area (Å²) in [5.41, 5.74) is 6.28. The Kier molecular flexibility index (Phi) is 2.92. The molecule has 5 rings (SSSR count). The Balaban J connectivity index is 1.47. The Morgan fingerprint density at radius 1 is 1.15 bits per heavy atom. The number of aromatic nitrogens is 3. The second-order valence-electron chi connectivity index (χ2n) is 7.69. The van der Waals surface area contributed by atoms with E-state index >= 15 is 0 Å². The monoisotopic (exact) mass is 274 g/mol. The van der Waals surface area contributed by atoms with Crippen LogP contribution in [0.4, 0.5) is 0 Å². The van der Waals surface area contributed by atoms with Gasteiger partial charge in [0, 0.05) is 13.5 Å². The van der Waals surface area contributed by atoms with Crippen LogP contribution in [0.1, 0.15) is 56.6 Å². The third kappa shape index (κ3) is 2.09. The van der Waals surface area contributed by atoms with Crippen molar-refractivity contribution in [2.75, 3.05) is 0 Å². The third-order valence-corrected chi connectivity index (χ3v) is 6.12. The van der Waals surface area contributed by atoms with Gasteiger partial charge in [-0.2, -0.15) is 5.10 Å². The van der Waals surface area contributed by atoms with Gasteiger partial charge in [0.2, 0.25) is 0 Å². The van der Waals surface area contributed by atoms with Crippen molar-refractivity contribution in [3.63, 3.8) is 0 Å². The molecule has 4 aliphatic rings. The standard InChI is InChI=1S/C16H26N4/c1-20-15(18-14(10-17)19-20)2-3-16-7-11-4-12(8-16)6-13(5-11)9-16/h11-13H,2-10,17H2,1H3. The summed E-state index contributed by atoms with van der Waals surface area (Å²) in [6.07, 6.45) is 11.4. The molecule has 4 fully saturated rings. The van der Waals surface area contributed by atoms with Gasteiger partial charge in [-0.15, -0.1) is 0 Å². The van der Waals surface area contributed by atoms with E-state index in [1.54, 1.807) is 0 Å². The highest BCUT2D eigenvalue weighted by atomic mass is 15.3. The van der Waals surface area contributed by atoms with Crippen molar-refractivity contribution in [3.8, 4) is 0 Å². The van der Waals surface area contributed by atoms with E-state index in [1.165, 1.54) is 44.9 Å². The summed E-state index contributed by atoms with van der Waals surface area (Å²) < 4.78 is 1.93. The van der Waals surface area contributed by atoms with Crippen LogP contribution in [-0.2, 0) is 20.0 Å². The summed E-state index contributed by atoms with van der Waals surface area (Å²) in [6.45, 7) is 0.450. The summed E-state index contributed by atoms with van der Waals surface area (Å²) in [5.74, 6) is 5.04. The van der Waals surface area contributed by atoms with Gasteiger partial charge in [0.15, 0.2) is 5.82 Å². The number of nitrogens with zero attached hydrogens (tertiary/aromatic N) is 3. The molecule has 4 heteroatoms. The Hall–Kier alpha value is -0.900. The fraction of sp³-hybridized carbons (Fsp3) is 0.875. The summed E-state index contributed by atoms with van der Waals surface area (Å²) in [6, 6.07) is 0. The zero-order valence-corrected chi connectivity index (χ0v) is 12.5. The maximum absolute atomic E-state index is 5.64. The van der Waals surface area contributed by atoms with Crippen molar-refractivity contribution in [2.24, 2.45) is 36.0 Å². The zero-order chi connectivity index (χ0) is 13.7. The zero-order valence-electron chi connectivity index (χ0n) is 12.5. The molecule has 110 valence electrons. The van der Waals surface area contributed by atoms with E-state index in [-0.39, 0.29) is 0 Å². The minimum absolute atomic E-state index is 0.450. The van der Waals surface area contributed by atoms with Crippen molar-refractivity contribution in [1.82, 2.24) is 14.8 Å². The number of rotatable bonds is 4. The minimum Gasteiger partial charge on any atom is -0.324 e. The number of hydrogen-bond acceptors (Lipinski definition) is 3. The molecule has 0 saturated heterocycles. The lowest BCUT2D eigenvalue weighted by Crippen LogP contribution is -2.46. The van der Waals surface area contributed by atoms with E-state index < -0.39 is 0 Å². The minimum atomic E-state index is 0.450. The van der Waals surface area contributed by atoms with Crippen LogP contribution in [0.15, 0.2) is 0 Å². The average molecular weight is 274 g/mol. The van der Waals surface area contributed by atoms with Crippen LogP contribution in [0, 0.1) is 23.2 Å². The Bertz CT molecular complexity index is 469. The van der Waals surface area contributed by atoms with Crippen LogP contribution in [0.3, 0.4) is 0 Å². The molecule has 1 aromatic heterocycles. The van der Waals surface area contributed by atoms with Crippen LogP contribution in [0.2, 0.25) is 0 Å². The molecule has 20 heavy (non-hydrogen) atoms. The first-order valence-corrected chi connectivity index (χ1v) is 8.25. The van der Waals surface area contributed by atoms with Gasteiger partial charge in [0.1, 0.15) is 5.82 Å². The van der Waals surface area contributed by atoms with Crippen LogP contribution < -0.4 is 5.73 Å². The van der Waals surface area contributed by atoms with E-state index in [0.717, 1.165) is 35.8 Å². The van der Waals surface area contributed by atoms with Gasteiger partial charge in [-0.05, 0) is 68.1 Å². The molecular formula is C16H26N4. The molecule has 1 heterocycles. The molecule has 4 nitrogen and oxygen atoms in total. The number of hydrogen-bond donors (Lipinski definition) is 1. The van der Waals surface area contributed by atoms with Crippen molar-refractivity contribution < 1.29 is 0 Å². The van der Waals surface area contributed by atoms with E-state index in [4.69, 9.17) is 5.73 Å². The molecule has 0 atom stereocenters. The second kappa shape index (κ2) is 4.55. The van der Waals surface area contributed by atoms with Gasteiger partial charge in [0.05, 0.1) is 6.54 Å². The molecule has 4 bridgehead atoms. The largest absolute Gasteiger partial charge is 0.324 e. The summed E-state index contributed by atoms with van der Waals surface area (Å²) in [7, 11) is 2.00. The second-order valence-corrected chi connectivity index (χ2v) is 7.69. The van der Waals surface area contributed by atoms with Gasteiger partial charge in [-0.1, -0.05) is 0 Å². The van der Waals surface area contributed by atoms with E-state index in [9.17, 15) is 0 Å². The highest BCUT2D eigenvalue weighted by molar-refractivity contribution is 5.03. The first-order chi connectivity index (χ1) is 9.66. The maximum Gasteiger partial charge on any atom is 0.164 e. The predicted octanol–water partition coefficient (Wildman–Crippen LogP) is 2.42. The summed E-state index contributed by atoms with van der Waals surface area (Å²) in [4.78, 5) is 4.57. The molecular weight excluding hydrogens is 248 g/mol. The molecule has 0 aromatic carbocycles. The van der Waals surface area contributed by atoms with Crippen molar-refractivity contribution in [3.05, 3.63) is 11.6 Å². The van der Waals surface area contributed by atoms with Crippen LogP contribution in [0.25, 0.3) is 0 Å². The van der Waals surface area contributed by atoms with Crippen molar-refractivity contribution in [1.29, 1.82) is 0 Å². The van der Waals surface area contributed by atoms with Gasteiger partial charge >= 0.3 is 0 Å². The Morgan fingerprint density at radius 3 is 2.25 bits per heavy atom. The molecule has 0 spiro atoms. The highest BCUT2D eigenvalue weighted by Crippen LogP contribution is 2.61. The molecule has 0 aliphatic heterocycles. The molecule has 4 saturated carbocycles. The van der Waals surface area contributed by atoms with Crippen molar-refractivity contribution >= 4 is 0 Å². The van der Waals surface area contributed by atoms with Crippen molar-refractivity contribution in [2.45, 2.75) is 57.9 Å². The van der Waals surface area contributed by atoms with E-state index in [0.29, 0.717) is 12.0 Å². The molecule has 0 unspecified atom stereocenters. The van der Waals surface area contributed by atoms with E-state index in [1.807, 2.05) is 11.7 Å². The van der Waals surface area contributed by atoms with Gasteiger partial charge in [-0.25, -0.2) is 4.98 Å². The summed E-state index contributed by atoms with van der Waals surface area (Å²) in [5, 5.41) is 4.37. The first-order valence-electron chi connectivity index (χ1n) is 8.25. The molecule has 0 radical (unpaired) electrons.